The monoisotopic (exact) mass is 451 g/mol. The average molecular weight is 452 g/mol. The lowest BCUT2D eigenvalue weighted by Gasteiger charge is -2.18. The van der Waals surface area contributed by atoms with Gasteiger partial charge in [-0.2, -0.15) is 4.72 Å². The lowest BCUT2D eigenvalue weighted by molar-refractivity contribution is 0.297. The maximum absolute atomic E-state index is 13.4. The first kappa shape index (κ1) is 20.3. The average Bonchev–Trinajstić information content (AvgIpc) is 3.07. The molecule has 0 fully saturated rings. The lowest BCUT2D eigenvalue weighted by atomic mass is 10.1. The van der Waals surface area contributed by atoms with Gasteiger partial charge in [-0.25, -0.2) is 13.4 Å². The number of nitrogens with two attached hydrogens (primary N) is 1. The van der Waals surface area contributed by atoms with Gasteiger partial charge in [0.15, 0.2) is 11.5 Å². The van der Waals surface area contributed by atoms with Gasteiger partial charge < -0.3 is 19.6 Å². The molecular weight excluding hydrogens is 430 g/mol. The SMILES string of the molecule is Nc1cc(C(NS(=O)(=O)c2ccc3c(c2)OCCCO3)c2cc3ccccc3o2)ccn1. The third-order valence-electron chi connectivity index (χ3n) is 5.17. The Balaban J connectivity index is 1.55. The zero-order valence-electron chi connectivity index (χ0n) is 17.0. The van der Waals surface area contributed by atoms with Gasteiger partial charge in [0.25, 0.3) is 0 Å². The van der Waals surface area contributed by atoms with Crippen LogP contribution in [0.25, 0.3) is 11.0 Å². The number of nitrogen functional groups attached to an aromatic ring is 1. The minimum absolute atomic E-state index is 0.0601. The Morgan fingerprint density at radius 3 is 2.59 bits per heavy atom. The van der Waals surface area contributed by atoms with Crippen LogP contribution >= 0.6 is 0 Å². The third kappa shape index (κ3) is 4.00. The van der Waals surface area contributed by atoms with Crippen molar-refractivity contribution in [1.29, 1.82) is 0 Å². The van der Waals surface area contributed by atoms with E-state index in [1.165, 1.54) is 18.3 Å². The highest BCUT2D eigenvalue weighted by atomic mass is 32.2. The number of nitrogens with one attached hydrogen (secondary N) is 1. The van der Waals surface area contributed by atoms with Crippen LogP contribution in [0.2, 0.25) is 0 Å². The molecule has 9 heteroatoms. The molecule has 0 bridgehead atoms. The highest BCUT2D eigenvalue weighted by Gasteiger charge is 2.27. The van der Waals surface area contributed by atoms with E-state index >= 15 is 0 Å². The van der Waals surface area contributed by atoms with Crippen LogP contribution in [-0.2, 0) is 10.0 Å². The molecule has 1 atom stereocenters. The van der Waals surface area contributed by atoms with Crippen LogP contribution in [-0.4, -0.2) is 26.6 Å². The van der Waals surface area contributed by atoms with Gasteiger partial charge in [0.1, 0.15) is 23.2 Å². The summed E-state index contributed by atoms with van der Waals surface area (Å²) in [6, 6.07) is 16.4. The zero-order chi connectivity index (χ0) is 22.1. The second-order valence-electron chi connectivity index (χ2n) is 7.41. The molecule has 2 aromatic heterocycles. The fourth-order valence-electron chi connectivity index (χ4n) is 3.61. The van der Waals surface area contributed by atoms with Gasteiger partial charge in [0.05, 0.1) is 18.1 Å². The number of hydrogen-bond acceptors (Lipinski definition) is 7. The van der Waals surface area contributed by atoms with Gasteiger partial charge in [0.2, 0.25) is 10.0 Å². The summed E-state index contributed by atoms with van der Waals surface area (Å²) in [6.07, 6.45) is 2.26. The fourth-order valence-corrected chi connectivity index (χ4v) is 4.82. The molecule has 0 saturated carbocycles. The minimum atomic E-state index is -3.96. The van der Waals surface area contributed by atoms with Crippen LogP contribution in [0, 0.1) is 0 Å². The summed E-state index contributed by atoms with van der Waals surface area (Å²) < 4.78 is 46.7. The molecule has 0 spiro atoms. The first-order valence-electron chi connectivity index (χ1n) is 10.1. The molecule has 2 aromatic carbocycles. The molecule has 0 amide bonds. The number of aromatic nitrogens is 1. The predicted octanol–water partition coefficient (Wildman–Crippen LogP) is 3.64. The van der Waals surface area contributed by atoms with Crippen molar-refractivity contribution in [2.45, 2.75) is 17.4 Å². The van der Waals surface area contributed by atoms with Crippen molar-refractivity contribution in [2.24, 2.45) is 0 Å². The van der Waals surface area contributed by atoms with E-state index in [-0.39, 0.29) is 10.7 Å². The lowest BCUT2D eigenvalue weighted by Crippen LogP contribution is -2.29. The number of benzene rings is 2. The van der Waals surface area contributed by atoms with Crippen LogP contribution in [0.1, 0.15) is 23.8 Å². The molecule has 0 aliphatic carbocycles. The van der Waals surface area contributed by atoms with Crippen molar-refractivity contribution < 1.29 is 22.3 Å². The smallest absolute Gasteiger partial charge is 0.241 e. The van der Waals surface area contributed by atoms with Crippen molar-refractivity contribution in [3.63, 3.8) is 0 Å². The number of ether oxygens (including phenoxy) is 2. The van der Waals surface area contributed by atoms with Crippen LogP contribution in [0.15, 0.2) is 76.2 Å². The maximum atomic E-state index is 13.4. The first-order valence-corrected chi connectivity index (χ1v) is 11.6. The third-order valence-corrected chi connectivity index (χ3v) is 6.59. The summed E-state index contributed by atoms with van der Waals surface area (Å²) in [5.74, 6) is 1.64. The molecule has 0 radical (unpaired) electrons. The second kappa shape index (κ2) is 8.18. The Morgan fingerprint density at radius 1 is 0.969 bits per heavy atom. The van der Waals surface area contributed by atoms with Gasteiger partial charge in [-0.05, 0) is 42.0 Å². The number of furan rings is 1. The van der Waals surface area contributed by atoms with E-state index in [4.69, 9.17) is 19.6 Å². The van der Waals surface area contributed by atoms with Crippen LogP contribution < -0.4 is 19.9 Å². The standard InChI is InChI=1S/C23H21N3O5S/c24-22-13-16(8-9-25-22)23(21-12-15-4-1-2-5-18(15)31-21)26-32(27,28)17-6-7-19-20(14-17)30-11-3-10-29-19/h1-2,4-9,12-14,23,26H,3,10-11H2,(H2,24,25). The highest BCUT2D eigenvalue weighted by Crippen LogP contribution is 2.34. The van der Waals surface area contributed by atoms with Gasteiger partial charge in [-0.1, -0.05) is 18.2 Å². The zero-order valence-corrected chi connectivity index (χ0v) is 17.8. The van der Waals surface area contributed by atoms with Crippen molar-refractivity contribution in [3.8, 4) is 11.5 Å². The number of fused-ring (bicyclic) bond motifs is 2. The normalized spacial score (nSPS) is 14.8. The van der Waals surface area contributed by atoms with Crippen molar-refractivity contribution in [2.75, 3.05) is 18.9 Å². The predicted molar refractivity (Wildman–Crippen MR) is 119 cm³/mol. The molecule has 5 rings (SSSR count). The molecule has 0 saturated heterocycles. The first-order chi connectivity index (χ1) is 15.5. The van der Waals surface area contributed by atoms with Crippen molar-refractivity contribution >= 4 is 26.8 Å². The summed E-state index contributed by atoms with van der Waals surface area (Å²) in [6.45, 7) is 0.983. The van der Waals surface area contributed by atoms with Gasteiger partial charge in [0, 0.05) is 24.1 Å². The highest BCUT2D eigenvalue weighted by molar-refractivity contribution is 7.89. The minimum Gasteiger partial charge on any atom is -0.490 e. The number of anilines is 1. The number of hydrogen-bond donors (Lipinski definition) is 2. The Kier molecular flexibility index (Phi) is 5.20. The topological polar surface area (TPSA) is 117 Å². The van der Waals surface area contributed by atoms with E-state index in [1.807, 2.05) is 30.3 Å². The quantitative estimate of drug-likeness (QED) is 0.476. The molecule has 1 aliphatic rings. The van der Waals surface area contributed by atoms with E-state index in [0.717, 1.165) is 11.8 Å². The number of rotatable bonds is 5. The molecule has 3 heterocycles. The molecule has 1 aliphatic heterocycles. The van der Waals surface area contributed by atoms with E-state index in [0.29, 0.717) is 41.6 Å². The van der Waals surface area contributed by atoms with Crippen molar-refractivity contribution in [1.82, 2.24) is 9.71 Å². The maximum Gasteiger partial charge on any atom is 0.241 e. The molecule has 4 aromatic rings. The largest absolute Gasteiger partial charge is 0.490 e. The summed E-state index contributed by atoms with van der Waals surface area (Å²) in [5.41, 5.74) is 7.13. The number of para-hydroxylation sites is 1. The Bertz CT molecular complexity index is 1350. The van der Waals surface area contributed by atoms with Gasteiger partial charge >= 0.3 is 0 Å². The molecule has 3 N–H and O–H groups in total. The Morgan fingerprint density at radius 2 is 1.78 bits per heavy atom. The van der Waals surface area contributed by atoms with Gasteiger partial charge in [-0.3, -0.25) is 0 Å². The number of nitrogens with zero attached hydrogens (tertiary/aromatic N) is 1. The number of pyridine rings is 1. The molecule has 164 valence electrons. The van der Waals surface area contributed by atoms with Gasteiger partial charge in [-0.15, -0.1) is 0 Å². The van der Waals surface area contributed by atoms with E-state index < -0.39 is 16.1 Å². The molecule has 8 nitrogen and oxygen atoms in total. The van der Waals surface area contributed by atoms with Crippen molar-refractivity contribution in [3.05, 3.63) is 78.2 Å². The summed E-state index contributed by atoms with van der Waals surface area (Å²) >= 11 is 0. The molecule has 1 unspecified atom stereocenters. The Hall–Kier alpha value is -3.56. The fraction of sp³-hybridized carbons (Fsp3) is 0.174. The molecular formula is C23H21N3O5S. The van der Waals surface area contributed by atoms with Crippen LogP contribution in [0.3, 0.4) is 0 Å². The summed E-state index contributed by atoms with van der Waals surface area (Å²) in [7, 11) is -3.96. The summed E-state index contributed by atoms with van der Waals surface area (Å²) in [4.78, 5) is 4.07. The Labute approximate surface area is 185 Å². The number of sulfonamides is 1. The van der Waals surface area contributed by atoms with E-state index in [1.54, 1.807) is 18.2 Å². The van der Waals surface area contributed by atoms with Crippen LogP contribution in [0.4, 0.5) is 5.82 Å². The van der Waals surface area contributed by atoms with Crippen LogP contribution in [0.5, 0.6) is 11.5 Å². The molecule has 32 heavy (non-hydrogen) atoms. The second-order valence-corrected chi connectivity index (χ2v) is 9.13. The summed E-state index contributed by atoms with van der Waals surface area (Å²) in [5, 5.41) is 0.865. The van der Waals surface area contributed by atoms with E-state index in [9.17, 15) is 8.42 Å². The van der Waals surface area contributed by atoms with E-state index in [2.05, 4.69) is 9.71 Å².